The van der Waals surface area contributed by atoms with Crippen molar-refractivity contribution in [3.63, 3.8) is 0 Å². The second-order valence-corrected chi connectivity index (χ2v) is 10.6. The summed E-state index contributed by atoms with van der Waals surface area (Å²) >= 11 is 6.08. The zero-order valence-electron chi connectivity index (χ0n) is 23.0. The molecule has 1 aliphatic heterocycles. The minimum Gasteiger partial charge on any atom is -0.497 e. The number of methoxy groups -OCH3 is 2. The Kier molecular flexibility index (Phi) is 8.33. The van der Waals surface area contributed by atoms with E-state index in [1.165, 1.54) is 43.4 Å². The smallest absolute Gasteiger partial charge is 0.497 e. The maximum atomic E-state index is 14.9. The Labute approximate surface area is 249 Å². The first kappa shape index (κ1) is 30.3. The molecule has 5 rings (SSSR count). The molecule has 0 aromatic heterocycles. The van der Waals surface area contributed by atoms with Gasteiger partial charge in [0.2, 0.25) is 0 Å². The Morgan fingerprint density at radius 2 is 1.77 bits per heavy atom. The van der Waals surface area contributed by atoms with Gasteiger partial charge in [-0.1, -0.05) is 29.8 Å². The van der Waals surface area contributed by atoms with Gasteiger partial charge < -0.3 is 29.2 Å². The predicted molar refractivity (Wildman–Crippen MR) is 149 cm³/mol. The number of halogens is 5. The van der Waals surface area contributed by atoms with Crippen LogP contribution in [0.2, 0.25) is 5.02 Å². The van der Waals surface area contributed by atoms with Crippen LogP contribution in [0.15, 0.2) is 60.7 Å². The van der Waals surface area contributed by atoms with Crippen LogP contribution in [0.3, 0.4) is 0 Å². The molecule has 0 bridgehead atoms. The van der Waals surface area contributed by atoms with Gasteiger partial charge in [0.1, 0.15) is 29.9 Å². The van der Waals surface area contributed by atoms with E-state index in [4.69, 9.17) is 21.1 Å². The monoisotopic (exact) mass is 622 g/mol. The van der Waals surface area contributed by atoms with Crippen molar-refractivity contribution in [2.45, 2.75) is 30.9 Å². The molecule has 8 nitrogen and oxygen atoms in total. The molecule has 228 valence electrons. The number of benzene rings is 3. The molecule has 1 heterocycles. The summed E-state index contributed by atoms with van der Waals surface area (Å²) in [5.41, 5.74) is 0.0471. The van der Waals surface area contributed by atoms with E-state index in [9.17, 15) is 27.2 Å². The van der Waals surface area contributed by atoms with E-state index in [-0.39, 0.29) is 18.7 Å². The molecule has 13 heteroatoms. The van der Waals surface area contributed by atoms with E-state index in [2.05, 4.69) is 14.8 Å². The summed E-state index contributed by atoms with van der Waals surface area (Å²) in [6.07, 6.45) is -4.47. The number of rotatable bonds is 10. The molecule has 43 heavy (non-hydrogen) atoms. The Hall–Kier alpha value is -4.19. The quantitative estimate of drug-likeness (QED) is 0.211. The SMILES string of the molecule is COC(=O)[C@@H]1C[C@]1(F)COc1cc(NC(C(=O)N2CCc3ccc(OC(F)(F)F)cc32)c2ccc(Cl)cc2)cc(OC)c1. The third-order valence-electron chi connectivity index (χ3n) is 7.30. The minimum atomic E-state index is -4.89. The van der Waals surface area contributed by atoms with Crippen LogP contribution in [0.25, 0.3) is 0 Å². The first-order valence-corrected chi connectivity index (χ1v) is 13.6. The molecule has 3 aromatic carbocycles. The number of amides is 1. The molecule has 2 aliphatic rings. The van der Waals surface area contributed by atoms with Gasteiger partial charge in [-0.3, -0.25) is 9.59 Å². The van der Waals surface area contributed by atoms with Crippen molar-refractivity contribution in [2.75, 3.05) is 37.6 Å². The standard InChI is InChI=1S/C30H27ClF4N2O6/c1-40-22-11-20(12-23(13-22)42-16-29(32)15-24(29)28(39)41-2)36-26(18-3-6-19(31)7-4-18)27(38)37-10-9-17-5-8-21(14-25(17)37)43-30(33,34)35/h3-8,11-14,24,26,36H,9-10,15-16H2,1-2H3/t24-,26?,29-/m0/s1. The van der Waals surface area contributed by atoms with Crippen molar-refractivity contribution in [3.05, 3.63) is 76.8 Å². The van der Waals surface area contributed by atoms with E-state index < -0.39 is 48.2 Å². The lowest BCUT2D eigenvalue weighted by Crippen LogP contribution is -2.37. The summed E-state index contributed by atoms with van der Waals surface area (Å²) in [5.74, 6) is -1.88. The normalized spacial score (nSPS) is 19.7. The lowest BCUT2D eigenvalue weighted by molar-refractivity contribution is -0.274. The molecule has 0 radical (unpaired) electrons. The van der Waals surface area contributed by atoms with Crippen molar-refractivity contribution >= 4 is 34.9 Å². The molecule has 3 aromatic rings. The summed E-state index contributed by atoms with van der Waals surface area (Å²) in [6, 6.07) is 14.1. The number of hydrogen-bond donors (Lipinski definition) is 1. The van der Waals surface area contributed by atoms with Gasteiger partial charge in [-0.2, -0.15) is 0 Å². The van der Waals surface area contributed by atoms with Crippen LogP contribution in [0, 0.1) is 5.92 Å². The van der Waals surface area contributed by atoms with Gasteiger partial charge in [0.05, 0.1) is 25.8 Å². The molecule has 0 spiro atoms. The van der Waals surface area contributed by atoms with E-state index >= 15 is 0 Å². The number of fused-ring (bicyclic) bond motifs is 1. The van der Waals surface area contributed by atoms with Crippen molar-refractivity contribution in [1.29, 1.82) is 0 Å². The summed E-state index contributed by atoms with van der Waals surface area (Å²) in [7, 11) is 2.62. The molecule has 1 fully saturated rings. The Balaban J connectivity index is 1.42. The molecule has 1 amide bonds. The van der Waals surface area contributed by atoms with Crippen LogP contribution in [-0.4, -0.2) is 51.3 Å². The molecule has 3 atom stereocenters. The van der Waals surface area contributed by atoms with Gasteiger partial charge in [-0.25, -0.2) is 4.39 Å². The molecule has 1 saturated carbocycles. The zero-order chi connectivity index (χ0) is 30.9. The van der Waals surface area contributed by atoms with Gasteiger partial charge in [0.25, 0.3) is 5.91 Å². The van der Waals surface area contributed by atoms with Crippen molar-refractivity contribution in [3.8, 4) is 17.2 Å². The van der Waals surface area contributed by atoms with Crippen LogP contribution in [-0.2, 0) is 20.7 Å². The van der Waals surface area contributed by atoms with Gasteiger partial charge in [-0.15, -0.1) is 13.2 Å². The van der Waals surface area contributed by atoms with E-state index in [0.717, 1.165) is 0 Å². The van der Waals surface area contributed by atoms with Crippen LogP contribution < -0.4 is 24.4 Å². The fourth-order valence-electron chi connectivity index (χ4n) is 4.99. The van der Waals surface area contributed by atoms with Crippen LogP contribution in [0.1, 0.15) is 23.6 Å². The number of carbonyl (C=O) groups excluding carboxylic acids is 2. The summed E-state index contributed by atoms with van der Waals surface area (Å²) in [4.78, 5) is 27.2. The summed E-state index contributed by atoms with van der Waals surface area (Å²) < 4.78 is 73.3. The fourth-order valence-corrected chi connectivity index (χ4v) is 5.11. The zero-order valence-corrected chi connectivity index (χ0v) is 23.8. The highest BCUT2D eigenvalue weighted by Gasteiger charge is 2.61. The molecular formula is C30H27ClF4N2O6. The average molecular weight is 623 g/mol. The maximum Gasteiger partial charge on any atom is 0.573 e. The Bertz CT molecular complexity index is 1520. The fraction of sp³-hybridized carbons (Fsp3) is 0.333. The molecule has 0 saturated heterocycles. The number of esters is 1. The molecule has 1 aliphatic carbocycles. The van der Waals surface area contributed by atoms with Gasteiger partial charge in [0.15, 0.2) is 5.67 Å². The number of alkyl halides is 4. The number of nitrogens with zero attached hydrogens (tertiary/aromatic N) is 1. The highest BCUT2D eigenvalue weighted by Crippen LogP contribution is 2.48. The lowest BCUT2D eigenvalue weighted by Gasteiger charge is -2.27. The highest BCUT2D eigenvalue weighted by molar-refractivity contribution is 6.30. The van der Waals surface area contributed by atoms with Crippen molar-refractivity contribution in [1.82, 2.24) is 0 Å². The van der Waals surface area contributed by atoms with E-state index in [1.807, 2.05) is 0 Å². The first-order chi connectivity index (χ1) is 20.4. The number of ether oxygens (including phenoxy) is 4. The first-order valence-electron chi connectivity index (χ1n) is 13.2. The largest absolute Gasteiger partial charge is 0.573 e. The van der Waals surface area contributed by atoms with Crippen LogP contribution >= 0.6 is 11.6 Å². The molecular weight excluding hydrogens is 596 g/mol. The van der Waals surface area contributed by atoms with Crippen LogP contribution in [0.5, 0.6) is 17.2 Å². The average Bonchev–Trinajstić information content (AvgIpc) is 3.47. The topological polar surface area (TPSA) is 86.3 Å². The maximum absolute atomic E-state index is 14.9. The van der Waals surface area contributed by atoms with Crippen molar-refractivity contribution < 1.29 is 46.1 Å². The predicted octanol–water partition coefficient (Wildman–Crippen LogP) is 6.27. The van der Waals surface area contributed by atoms with E-state index in [1.54, 1.807) is 36.4 Å². The van der Waals surface area contributed by atoms with Crippen molar-refractivity contribution in [2.24, 2.45) is 5.92 Å². The van der Waals surface area contributed by atoms with Gasteiger partial charge in [0, 0.05) is 47.9 Å². The second-order valence-electron chi connectivity index (χ2n) is 10.2. The second kappa shape index (κ2) is 11.8. The lowest BCUT2D eigenvalue weighted by atomic mass is 10.0. The molecule has 1 N–H and O–H groups in total. The number of anilines is 2. The van der Waals surface area contributed by atoms with Gasteiger partial charge in [-0.05, 0) is 35.7 Å². The minimum absolute atomic E-state index is 0.0189. The Morgan fingerprint density at radius 1 is 1.05 bits per heavy atom. The summed E-state index contributed by atoms with van der Waals surface area (Å²) in [6.45, 7) is -0.159. The summed E-state index contributed by atoms with van der Waals surface area (Å²) in [5, 5.41) is 3.61. The number of nitrogens with one attached hydrogen (secondary N) is 1. The van der Waals surface area contributed by atoms with Crippen LogP contribution in [0.4, 0.5) is 28.9 Å². The highest BCUT2D eigenvalue weighted by atomic mass is 35.5. The number of hydrogen-bond acceptors (Lipinski definition) is 7. The third-order valence-corrected chi connectivity index (χ3v) is 7.55. The van der Waals surface area contributed by atoms with E-state index in [0.29, 0.717) is 39.7 Å². The third kappa shape index (κ3) is 6.90. The van der Waals surface area contributed by atoms with Gasteiger partial charge >= 0.3 is 12.3 Å². The molecule has 1 unspecified atom stereocenters. The Morgan fingerprint density at radius 3 is 2.44 bits per heavy atom. The number of carbonyl (C=O) groups is 2.